The summed E-state index contributed by atoms with van der Waals surface area (Å²) in [5.41, 5.74) is 1.16. The van der Waals surface area contributed by atoms with Gasteiger partial charge in [0.15, 0.2) is 0 Å². The van der Waals surface area contributed by atoms with Crippen molar-refractivity contribution in [1.29, 1.82) is 0 Å². The molecule has 23 heavy (non-hydrogen) atoms. The second-order valence-corrected chi connectivity index (χ2v) is 6.32. The Morgan fingerprint density at radius 1 is 1.52 bits per heavy atom. The van der Waals surface area contributed by atoms with Gasteiger partial charge in [0.25, 0.3) is 0 Å². The summed E-state index contributed by atoms with van der Waals surface area (Å²) < 4.78 is 5.64. The number of likely N-dealkylation sites (tertiary alicyclic amines) is 1. The second kappa shape index (κ2) is 8.89. The van der Waals surface area contributed by atoms with E-state index >= 15 is 0 Å². The number of aliphatic hydroxyl groups excluding tert-OH is 1. The summed E-state index contributed by atoms with van der Waals surface area (Å²) in [6.07, 6.45) is 2.09. The zero-order chi connectivity index (χ0) is 16.7. The molecule has 1 aliphatic heterocycles. The molecule has 2 rings (SSSR count). The second-order valence-electron chi connectivity index (χ2n) is 6.32. The average molecular weight is 320 g/mol. The number of rotatable bonds is 7. The minimum atomic E-state index is -0.164. The van der Waals surface area contributed by atoms with Gasteiger partial charge in [0.1, 0.15) is 12.4 Å². The van der Waals surface area contributed by atoms with Crippen LogP contribution in [0.5, 0.6) is 5.75 Å². The fourth-order valence-corrected chi connectivity index (χ4v) is 2.96. The summed E-state index contributed by atoms with van der Waals surface area (Å²) in [6.45, 7) is 6.82. The third kappa shape index (κ3) is 5.52. The Labute approximate surface area is 138 Å². The van der Waals surface area contributed by atoms with Gasteiger partial charge >= 0.3 is 0 Å². The minimum Gasteiger partial charge on any atom is -0.492 e. The van der Waals surface area contributed by atoms with Crippen LogP contribution in [0.25, 0.3) is 0 Å². The summed E-state index contributed by atoms with van der Waals surface area (Å²) in [5.74, 6) is 1.15. The first-order chi connectivity index (χ1) is 11.1. The number of nitrogens with zero attached hydrogens (tertiary/aromatic N) is 1. The molecular formula is C18H28N2O3. The highest BCUT2D eigenvalue weighted by Crippen LogP contribution is 2.18. The molecule has 0 aliphatic carbocycles. The number of hydrogen-bond acceptors (Lipinski definition) is 4. The maximum absolute atomic E-state index is 12.2. The molecule has 0 spiro atoms. The molecule has 1 saturated heterocycles. The molecule has 0 radical (unpaired) electrons. The molecule has 128 valence electrons. The van der Waals surface area contributed by atoms with Crippen LogP contribution in [0.2, 0.25) is 0 Å². The van der Waals surface area contributed by atoms with Gasteiger partial charge in [0, 0.05) is 13.2 Å². The molecule has 2 unspecified atom stereocenters. The zero-order valence-electron chi connectivity index (χ0n) is 14.1. The van der Waals surface area contributed by atoms with Gasteiger partial charge in [-0.05, 0) is 56.8 Å². The Bertz CT molecular complexity index is 507. The van der Waals surface area contributed by atoms with Crippen molar-refractivity contribution in [2.24, 2.45) is 5.92 Å². The SMILES string of the molecule is Cc1cccc(OCCNC(=O)C(C)N2CCCC(CO)C2)c1. The van der Waals surface area contributed by atoms with Crippen LogP contribution in [-0.2, 0) is 4.79 Å². The molecule has 2 N–H and O–H groups in total. The number of carbonyl (C=O) groups is 1. The highest BCUT2D eigenvalue weighted by atomic mass is 16.5. The first-order valence-corrected chi connectivity index (χ1v) is 8.42. The number of nitrogens with one attached hydrogen (secondary N) is 1. The molecular weight excluding hydrogens is 292 g/mol. The van der Waals surface area contributed by atoms with Gasteiger partial charge in [-0.15, -0.1) is 0 Å². The predicted molar refractivity (Wildman–Crippen MR) is 90.5 cm³/mol. The maximum atomic E-state index is 12.2. The third-order valence-electron chi connectivity index (χ3n) is 4.40. The van der Waals surface area contributed by atoms with Crippen LogP contribution in [0, 0.1) is 12.8 Å². The number of aryl methyl sites for hydroxylation is 1. The number of benzene rings is 1. The monoisotopic (exact) mass is 320 g/mol. The van der Waals surface area contributed by atoms with Crippen molar-refractivity contribution in [3.63, 3.8) is 0 Å². The molecule has 1 aromatic carbocycles. The van der Waals surface area contributed by atoms with Crippen molar-refractivity contribution >= 4 is 5.91 Å². The third-order valence-corrected chi connectivity index (χ3v) is 4.40. The van der Waals surface area contributed by atoms with E-state index in [1.807, 2.05) is 38.1 Å². The summed E-state index contributed by atoms with van der Waals surface area (Å²) in [7, 11) is 0. The van der Waals surface area contributed by atoms with Gasteiger partial charge in [-0.2, -0.15) is 0 Å². The predicted octanol–water partition coefficient (Wildman–Crippen LogP) is 1.58. The van der Waals surface area contributed by atoms with Gasteiger partial charge < -0.3 is 15.2 Å². The minimum absolute atomic E-state index is 0.0245. The molecule has 0 saturated carbocycles. The molecule has 1 aliphatic rings. The summed E-state index contributed by atoms with van der Waals surface area (Å²) >= 11 is 0. The Morgan fingerprint density at radius 2 is 2.35 bits per heavy atom. The maximum Gasteiger partial charge on any atom is 0.237 e. The fraction of sp³-hybridized carbons (Fsp3) is 0.611. The Balaban J connectivity index is 1.69. The smallest absolute Gasteiger partial charge is 0.237 e. The number of hydrogen-bond donors (Lipinski definition) is 2. The number of carbonyl (C=O) groups excluding carboxylic acids is 1. The zero-order valence-corrected chi connectivity index (χ0v) is 14.1. The van der Waals surface area contributed by atoms with E-state index in [2.05, 4.69) is 10.2 Å². The van der Waals surface area contributed by atoms with Gasteiger partial charge in [-0.3, -0.25) is 9.69 Å². The lowest BCUT2D eigenvalue weighted by molar-refractivity contribution is -0.126. The quantitative estimate of drug-likeness (QED) is 0.749. The van der Waals surface area contributed by atoms with Crippen molar-refractivity contribution in [3.05, 3.63) is 29.8 Å². The van der Waals surface area contributed by atoms with E-state index in [1.54, 1.807) is 0 Å². The van der Waals surface area contributed by atoms with Crippen molar-refractivity contribution in [2.45, 2.75) is 32.7 Å². The van der Waals surface area contributed by atoms with Crippen molar-refractivity contribution in [3.8, 4) is 5.75 Å². The Hall–Kier alpha value is -1.59. The normalized spacial score (nSPS) is 20.0. The highest BCUT2D eigenvalue weighted by Gasteiger charge is 2.26. The summed E-state index contributed by atoms with van der Waals surface area (Å²) in [4.78, 5) is 14.4. The molecule has 2 atom stereocenters. The molecule has 1 aromatic rings. The Kier molecular flexibility index (Phi) is 6.86. The molecule has 1 amide bonds. The molecule has 1 fully saturated rings. The number of piperidine rings is 1. The van der Waals surface area contributed by atoms with Gasteiger partial charge in [0.2, 0.25) is 5.91 Å². The number of ether oxygens (including phenoxy) is 1. The van der Waals surface area contributed by atoms with Crippen LogP contribution >= 0.6 is 0 Å². The largest absolute Gasteiger partial charge is 0.492 e. The highest BCUT2D eigenvalue weighted by molar-refractivity contribution is 5.81. The van der Waals surface area contributed by atoms with Crippen LogP contribution < -0.4 is 10.1 Å². The van der Waals surface area contributed by atoms with Crippen LogP contribution in [0.1, 0.15) is 25.3 Å². The van der Waals surface area contributed by atoms with E-state index in [0.29, 0.717) is 19.1 Å². The number of amides is 1. The van der Waals surface area contributed by atoms with Crippen LogP contribution in [0.4, 0.5) is 0 Å². The van der Waals surface area contributed by atoms with E-state index in [4.69, 9.17) is 4.74 Å². The van der Waals surface area contributed by atoms with E-state index < -0.39 is 0 Å². The number of aliphatic hydroxyl groups is 1. The van der Waals surface area contributed by atoms with E-state index in [9.17, 15) is 9.90 Å². The van der Waals surface area contributed by atoms with E-state index in [1.165, 1.54) is 0 Å². The molecule has 1 heterocycles. The first kappa shape index (κ1) is 17.8. The lowest BCUT2D eigenvalue weighted by Crippen LogP contribution is -2.50. The molecule has 5 nitrogen and oxygen atoms in total. The average Bonchev–Trinajstić information content (AvgIpc) is 2.58. The van der Waals surface area contributed by atoms with Crippen LogP contribution in [0.3, 0.4) is 0 Å². The first-order valence-electron chi connectivity index (χ1n) is 8.42. The van der Waals surface area contributed by atoms with Gasteiger partial charge in [-0.25, -0.2) is 0 Å². The summed E-state index contributed by atoms with van der Waals surface area (Å²) in [5, 5.41) is 12.2. The molecule has 0 aromatic heterocycles. The van der Waals surface area contributed by atoms with Gasteiger partial charge in [0.05, 0.1) is 12.6 Å². The molecule has 0 bridgehead atoms. The lowest BCUT2D eigenvalue weighted by atomic mass is 9.97. The van der Waals surface area contributed by atoms with E-state index in [-0.39, 0.29) is 18.6 Å². The van der Waals surface area contributed by atoms with Crippen LogP contribution in [-0.4, -0.2) is 54.8 Å². The standard InChI is InChI=1S/C18H28N2O3/c1-14-5-3-7-17(11-14)23-10-8-19-18(22)15(2)20-9-4-6-16(12-20)13-21/h3,5,7,11,15-16,21H,4,6,8-10,12-13H2,1-2H3,(H,19,22). The topological polar surface area (TPSA) is 61.8 Å². The lowest BCUT2D eigenvalue weighted by Gasteiger charge is -2.35. The van der Waals surface area contributed by atoms with Crippen LogP contribution in [0.15, 0.2) is 24.3 Å². The Morgan fingerprint density at radius 3 is 3.09 bits per heavy atom. The summed E-state index contributed by atoms with van der Waals surface area (Å²) in [6, 6.07) is 7.71. The van der Waals surface area contributed by atoms with Crippen molar-refractivity contribution in [1.82, 2.24) is 10.2 Å². The van der Waals surface area contributed by atoms with Gasteiger partial charge in [-0.1, -0.05) is 12.1 Å². The molecule has 5 heteroatoms. The van der Waals surface area contributed by atoms with E-state index in [0.717, 1.165) is 37.2 Å². The van der Waals surface area contributed by atoms with Crippen molar-refractivity contribution < 1.29 is 14.6 Å². The van der Waals surface area contributed by atoms with Crippen molar-refractivity contribution in [2.75, 3.05) is 32.8 Å². The fourth-order valence-electron chi connectivity index (χ4n) is 2.96.